The van der Waals surface area contributed by atoms with Crippen molar-refractivity contribution in [2.45, 2.75) is 59.9 Å². The number of rotatable bonds is 9. The van der Waals surface area contributed by atoms with E-state index in [2.05, 4.69) is 71.0 Å². The Kier molecular flexibility index (Phi) is 7.08. The van der Waals surface area contributed by atoms with Crippen LogP contribution in [-0.4, -0.2) is 33.4 Å². The number of ether oxygens (including phenoxy) is 1. The van der Waals surface area contributed by atoms with Crippen LogP contribution in [-0.2, 0) is 13.0 Å². The topological polar surface area (TPSA) is 64.9 Å². The largest absolute Gasteiger partial charge is 0.496 e. The maximum Gasteiger partial charge on any atom is 0.129 e. The van der Waals surface area contributed by atoms with Gasteiger partial charge in [-0.1, -0.05) is 25.1 Å². The molecule has 2 aromatic heterocycles. The number of aromatic nitrogens is 4. The summed E-state index contributed by atoms with van der Waals surface area (Å²) in [4.78, 5) is 9.25. The second-order valence-electron chi connectivity index (χ2n) is 7.95. The summed E-state index contributed by atoms with van der Waals surface area (Å²) < 4.78 is 7.53. The standard InChI is InChI=1S/C24H33N5O/c1-16(15-29-19(4)17(2)18(3)28-29)22-14-24(27-20(5)26-22)25-13-9-11-21-10-7-8-12-23(21)30-6/h7-8,10,12,14,16H,9,11,13,15H2,1-6H3,(H,25,26,27)/t16-/m1/s1. The number of nitrogens with zero attached hydrogens (tertiary/aromatic N) is 4. The lowest BCUT2D eigenvalue weighted by Gasteiger charge is -2.15. The molecule has 3 rings (SSSR count). The molecule has 0 aliphatic heterocycles. The number of hydrogen-bond acceptors (Lipinski definition) is 5. The SMILES string of the molecule is COc1ccccc1CCCNc1cc([C@H](C)Cn2nc(C)c(C)c2C)nc(C)n1. The average molecular weight is 408 g/mol. The third-order valence-corrected chi connectivity index (χ3v) is 5.67. The molecule has 0 saturated carbocycles. The molecule has 6 heteroatoms. The van der Waals surface area contributed by atoms with Gasteiger partial charge in [-0.25, -0.2) is 9.97 Å². The molecule has 0 saturated heterocycles. The number of para-hydroxylation sites is 1. The Bertz CT molecular complexity index is 995. The maximum atomic E-state index is 5.44. The Morgan fingerprint density at radius 2 is 1.87 bits per heavy atom. The van der Waals surface area contributed by atoms with Gasteiger partial charge in [0.25, 0.3) is 0 Å². The summed E-state index contributed by atoms with van der Waals surface area (Å²) in [6.07, 6.45) is 1.96. The number of benzene rings is 1. The molecule has 2 heterocycles. The molecular weight excluding hydrogens is 374 g/mol. The number of methoxy groups -OCH3 is 1. The van der Waals surface area contributed by atoms with Gasteiger partial charge in [-0.15, -0.1) is 0 Å². The van der Waals surface area contributed by atoms with Crippen molar-refractivity contribution in [2.75, 3.05) is 19.0 Å². The number of hydrogen-bond donors (Lipinski definition) is 1. The van der Waals surface area contributed by atoms with E-state index in [-0.39, 0.29) is 5.92 Å². The lowest BCUT2D eigenvalue weighted by Crippen LogP contribution is -2.13. The molecular formula is C24H33N5O. The van der Waals surface area contributed by atoms with Crippen molar-refractivity contribution in [3.63, 3.8) is 0 Å². The molecule has 0 bridgehead atoms. The average Bonchev–Trinajstić information content (AvgIpc) is 2.97. The fraction of sp³-hybridized carbons (Fsp3) is 0.458. The summed E-state index contributed by atoms with van der Waals surface area (Å²) in [7, 11) is 1.72. The van der Waals surface area contributed by atoms with Gasteiger partial charge >= 0.3 is 0 Å². The number of aryl methyl sites for hydroxylation is 3. The van der Waals surface area contributed by atoms with Gasteiger partial charge in [0, 0.05) is 30.8 Å². The quantitative estimate of drug-likeness (QED) is 0.518. The van der Waals surface area contributed by atoms with Crippen molar-refractivity contribution in [3.8, 4) is 5.75 Å². The molecule has 0 unspecified atom stereocenters. The third kappa shape index (κ3) is 5.17. The van der Waals surface area contributed by atoms with Gasteiger partial charge in [0.2, 0.25) is 0 Å². The third-order valence-electron chi connectivity index (χ3n) is 5.67. The Morgan fingerprint density at radius 3 is 2.57 bits per heavy atom. The highest BCUT2D eigenvalue weighted by atomic mass is 16.5. The van der Waals surface area contributed by atoms with E-state index in [9.17, 15) is 0 Å². The normalized spacial score (nSPS) is 12.1. The van der Waals surface area contributed by atoms with Crippen LogP contribution in [0.15, 0.2) is 30.3 Å². The second kappa shape index (κ2) is 9.74. The van der Waals surface area contributed by atoms with Gasteiger partial charge in [-0.3, -0.25) is 4.68 Å². The van der Waals surface area contributed by atoms with Gasteiger partial charge in [0.15, 0.2) is 0 Å². The van der Waals surface area contributed by atoms with Crippen LogP contribution in [0.2, 0.25) is 0 Å². The van der Waals surface area contributed by atoms with E-state index in [1.54, 1.807) is 7.11 Å². The van der Waals surface area contributed by atoms with Crippen LogP contribution in [0.5, 0.6) is 5.75 Å². The van der Waals surface area contributed by atoms with Crippen molar-refractivity contribution in [1.29, 1.82) is 0 Å². The number of nitrogens with one attached hydrogen (secondary N) is 1. The molecule has 0 radical (unpaired) electrons. The summed E-state index contributed by atoms with van der Waals surface area (Å²) in [6, 6.07) is 10.2. The van der Waals surface area contributed by atoms with Gasteiger partial charge in [-0.05, 0) is 57.7 Å². The van der Waals surface area contributed by atoms with E-state index in [1.165, 1.54) is 16.8 Å². The van der Waals surface area contributed by atoms with Gasteiger partial charge in [0.05, 0.1) is 18.5 Å². The molecule has 1 atom stereocenters. The first-order valence-corrected chi connectivity index (χ1v) is 10.6. The maximum absolute atomic E-state index is 5.44. The van der Waals surface area contributed by atoms with Crippen LogP contribution in [0, 0.1) is 27.7 Å². The molecule has 1 N–H and O–H groups in total. The first-order chi connectivity index (χ1) is 14.4. The van der Waals surface area contributed by atoms with E-state index in [4.69, 9.17) is 4.74 Å². The molecule has 0 spiro atoms. The zero-order valence-electron chi connectivity index (χ0n) is 19.0. The van der Waals surface area contributed by atoms with Crippen molar-refractivity contribution >= 4 is 5.82 Å². The molecule has 0 amide bonds. The Hall–Kier alpha value is -2.89. The summed E-state index contributed by atoms with van der Waals surface area (Å²) in [5.74, 6) is 2.87. The van der Waals surface area contributed by atoms with Crippen molar-refractivity contribution in [3.05, 3.63) is 64.4 Å². The minimum absolute atomic E-state index is 0.248. The van der Waals surface area contributed by atoms with Crippen molar-refractivity contribution in [2.24, 2.45) is 0 Å². The molecule has 0 aliphatic carbocycles. The smallest absolute Gasteiger partial charge is 0.129 e. The first-order valence-electron chi connectivity index (χ1n) is 10.6. The molecule has 0 aliphatic rings. The Morgan fingerprint density at radius 1 is 1.10 bits per heavy atom. The summed E-state index contributed by atoms with van der Waals surface area (Å²) >= 11 is 0. The highest BCUT2D eigenvalue weighted by Gasteiger charge is 2.14. The molecule has 30 heavy (non-hydrogen) atoms. The van der Waals surface area contributed by atoms with Gasteiger partial charge < -0.3 is 10.1 Å². The van der Waals surface area contributed by atoms with Crippen LogP contribution < -0.4 is 10.1 Å². The fourth-order valence-corrected chi connectivity index (χ4v) is 3.66. The van der Waals surface area contributed by atoms with Crippen LogP contribution >= 0.6 is 0 Å². The predicted molar refractivity (Wildman–Crippen MR) is 121 cm³/mol. The predicted octanol–water partition coefficient (Wildman–Crippen LogP) is 4.76. The van der Waals surface area contributed by atoms with Crippen LogP contribution in [0.4, 0.5) is 5.82 Å². The molecule has 0 fully saturated rings. The number of anilines is 1. The van der Waals surface area contributed by atoms with E-state index in [0.29, 0.717) is 0 Å². The monoisotopic (exact) mass is 407 g/mol. The molecule has 160 valence electrons. The second-order valence-corrected chi connectivity index (χ2v) is 7.95. The first kappa shape index (κ1) is 21.8. The Balaban J connectivity index is 1.61. The lowest BCUT2D eigenvalue weighted by atomic mass is 10.1. The summed E-state index contributed by atoms with van der Waals surface area (Å²) in [5.41, 5.74) is 5.85. The van der Waals surface area contributed by atoms with Gasteiger partial charge in [-0.2, -0.15) is 5.10 Å². The zero-order chi connectivity index (χ0) is 21.7. The van der Waals surface area contributed by atoms with E-state index in [1.807, 2.05) is 19.1 Å². The van der Waals surface area contributed by atoms with E-state index < -0.39 is 0 Å². The van der Waals surface area contributed by atoms with Crippen LogP contribution in [0.25, 0.3) is 0 Å². The molecule has 3 aromatic rings. The zero-order valence-corrected chi connectivity index (χ0v) is 19.0. The molecule has 1 aromatic carbocycles. The summed E-state index contributed by atoms with van der Waals surface area (Å²) in [6.45, 7) is 12.1. The highest BCUT2D eigenvalue weighted by Crippen LogP contribution is 2.21. The minimum atomic E-state index is 0.248. The van der Waals surface area contributed by atoms with Crippen molar-refractivity contribution in [1.82, 2.24) is 19.7 Å². The Labute approximate surface area is 179 Å². The van der Waals surface area contributed by atoms with Crippen LogP contribution in [0.3, 0.4) is 0 Å². The van der Waals surface area contributed by atoms with E-state index in [0.717, 1.165) is 54.7 Å². The highest BCUT2D eigenvalue weighted by molar-refractivity contribution is 5.37. The molecule has 6 nitrogen and oxygen atoms in total. The van der Waals surface area contributed by atoms with Crippen LogP contribution in [0.1, 0.15) is 53.3 Å². The van der Waals surface area contributed by atoms with Crippen molar-refractivity contribution < 1.29 is 4.74 Å². The summed E-state index contributed by atoms with van der Waals surface area (Å²) in [5, 5.41) is 8.13. The van der Waals surface area contributed by atoms with E-state index >= 15 is 0 Å². The fourth-order valence-electron chi connectivity index (χ4n) is 3.66. The van der Waals surface area contributed by atoms with Gasteiger partial charge in [0.1, 0.15) is 17.4 Å². The lowest BCUT2D eigenvalue weighted by molar-refractivity contribution is 0.409. The minimum Gasteiger partial charge on any atom is -0.496 e.